The molecule has 0 aliphatic rings. The summed E-state index contributed by atoms with van der Waals surface area (Å²) in [5.74, 6) is 2.07. The molecular weight excluding hydrogens is 217 g/mol. The summed E-state index contributed by atoms with van der Waals surface area (Å²) in [7, 11) is 0. The van der Waals surface area contributed by atoms with Gasteiger partial charge in [-0.1, -0.05) is 19.1 Å². The lowest BCUT2D eigenvalue weighted by Gasteiger charge is -2.08. The molecule has 0 radical (unpaired) electrons. The van der Waals surface area contributed by atoms with Gasteiger partial charge in [0.1, 0.15) is 5.75 Å². The lowest BCUT2D eigenvalue weighted by Crippen LogP contribution is -2.16. The number of benzene rings is 1. The first-order chi connectivity index (χ1) is 7.42. The summed E-state index contributed by atoms with van der Waals surface area (Å²) in [5.41, 5.74) is 0.981. The molecule has 1 nitrogen and oxygen atoms in total. The minimum atomic E-state index is -4.60. The first-order valence-corrected chi connectivity index (χ1v) is 4.65. The number of ether oxygens (including phenoxy) is 1. The number of halogens is 3. The number of alkyl halides is 3. The Hall–Kier alpha value is -1.63. The van der Waals surface area contributed by atoms with E-state index in [4.69, 9.17) is 0 Å². The van der Waals surface area contributed by atoms with Crippen LogP contribution < -0.4 is 4.74 Å². The van der Waals surface area contributed by atoms with Crippen molar-refractivity contribution in [3.05, 3.63) is 29.8 Å². The fraction of sp³-hybridized carbons (Fsp3) is 0.333. The molecule has 0 atom stereocenters. The Bertz CT molecular complexity index is 333. The first-order valence-electron chi connectivity index (χ1n) is 4.65. The van der Waals surface area contributed by atoms with E-state index in [1.807, 2.05) is 6.92 Å². The van der Waals surface area contributed by atoms with E-state index in [0.29, 0.717) is 0 Å². The van der Waals surface area contributed by atoms with E-state index in [1.54, 1.807) is 19.1 Å². The number of hydrogen-bond donors (Lipinski definition) is 0. The van der Waals surface area contributed by atoms with E-state index in [0.717, 1.165) is 12.0 Å². The zero-order valence-corrected chi connectivity index (χ0v) is 9.14. The predicted molar refractivity (Wildman–Crippen MR) is 57.0 cm³/mol. The van der Waals surface area contributed by atoms with Crippen molar-refractivity contribution in [3.63, 3.8) is 0 Å². The third-order valence-corrected chi connectivity index (χ3v) is 1.57. The van der Waals surface area contributed by atoms with Gasteiger partial charge in [0.05, 0.1) is 0 Å². The monoisotopic (exact) mass is 230 g/mol. The fourth-order valence-corrected chi connectivity index (χ4v) is 0.927. The van der Waals surface area contributed by atoms with Crippen molar-refractivity contribution >= 4 is 0 Å². The van der Waals surface area contributed by atoms with Gasteiger partial charge in [-0.2, -0.15) is 0 Å². The highest BCUT2D eigenvalue weighted by Gasteiger charge is 2.30. The van der Waals surface area contributed by atoms with Crippen LogP contribution in [0.4, 0.5) is 13.2 Å². The Balaban J connectivity index is 0.000000673. The summed E-state index contributed by atoms with van der Waals surface area (Å²) in [4.78, 5) is 0. The predicted octanol–water partition coefficient (Wildman–Crippen LogP) is 3.79. The van der Waals surface area contributed by atoms with Gasteiger partial charge in [0.2, 0.25) is 0 Å². The van der Waals surface area contributed by atoms with Crippen molar-refractivity contribution < 1.29 is 17.9 Å². The molecule has 0 unspecified atom stereocenters. The molecule has 88 valence electrons. The number of terminal acetylenes is 1. The summed E-state index contributed by atoms with van der Waals surface area (Å²) in [6.45, 7) is 3.58. The molecule has 0 N–H and O–H groups in total. The number of rotatable bonds is 2. The lowest BCUT2D eigenvalue weighted by molar-refractivity contribution is -0.274. The molecule has 0 aromatic heterocycles. The van der Waals surface area contributed by atoms with Crippen LogP contribution in [-0.4, -0.2) is 6.36 Å². The second-order valence-electron chi connectivity index (χ2n) is 2.83. The Kier molecular flexibility index (Phi) is 6.09. The van der Waals surface area contributed by atoms with Crippen molar-refractivity contribution in [2.45, 2.75) is 26.6 Å². The molecule has 0 aliphatic carbocycles. The molecule has 1 aromatic carbocycles. The molecule has 4 heteroatoms. The molecule has 0 spiro atoms. The zero-order chi connectivity index (χ0) is 12.6. The average molecular weight is 230 g/mol. The Morgan fingerprint density at radius 3 is 2.00 bits per heavy atom. The third kappa shape index (κ3) is 6.77. The molecule has 16 heavy (non-hydrogen) atoms. The van der Waals surface area contributed by atoms with Crippen LogP contribution in [0.15, 0.2) is 24.3 Å². The van der Waals surface area contributed by atoms with Gasteiger partial charge in [0, 0.05) is 0 Å². The summed E-state index contributed by atoms with van der Waals surface area (Å²) >= 11 is 0. The van der Waals surface area contributed by atoms with Crippen molar-refractivity contribution in [2.75, 3.05) is 0 Å². The Morgan fingerprint density at radius 2 is 1.69 bits per heavy atom. The van der Waals surface area contributed by atoms with E-state index >= 15 is 0 Å². The lowest BCUT2D eigenvalue weighted by atomic mass is 10.2. The molecule has 1 aromatic rings. The zero-order valence-electron chi connectivity index (χ0n) is 9.14. The molecule has 0 saturated carbocycles. The Morgan fingerprint density at radius 1 is 1.25 bits per heavy atom. The van der Waals surface area contributed by atoms with E-state index in [2.05, 4.69) is 17.1 Å². The van der Waals surface area contributed by atoms with Gasteiger partial charge in [-0.05, 0) is 31.0 Å². The topological polar surface area (TPSA) is 9.23 Å². The van der Waals surface area contributed by atoms with Crippen LogP contribution in [0.3, 0.4) is 0 Å². The van der Waals surface area contributed by atoms with E-state index in [9.17, 15) is 13.2 Å². The molecule has 0 amide bonds. The minimum Gasteiger partial charge on any atom is -0.406 e. The van der Waals surface area contributed by atoms with Gasteiger partial charge >= 0.3 is 6.36 Å². The first kappa shape index (κ1) is 14.4. The van der Waals surface area contributed by atoms with Gasteiger partial charge in [-0.25, -0.2) is 0 Å². The Labute approximate surface area is 93.2 Å². The molecule has 0 bridgehead atoms. The maximum absolute atomic E-state index is 11.7. The maximum atomic E-state index is 11.7. The van der Waals surface area contributed by atoms with Gasteiger partial charge in [0.25, 0.3) is 0 Å². The highest BCUT2D eigenvalue weighted by Crippen LogP contribution is 2.22. The maximum Gasteiger partial charge on any atom is 0.573 e. The number of hydrogen-bond acceptors (Lipinski definition) is 1. The van der Waals surface area contributed by atoms with Crippen LogP contribution >= 0.6 is 0 Å². The standard InChI is InChI=1S/C9H9F3O.C3H4/c1-2-7-3-5-8(6-4-7)13-9(10,11)12;1-3-2/h3-6H,2H2,1H3;1H,2H3. The molecule has 0 fully saturated rings. The van der Waals surface area contributed by atoms with Crippen molar-refractivity contribution in [3.8, 4) is 18.1 Å². The fourth-order valence-electron chi connectivity index (χ4n) is 0.927. The van der Waals surface area contributed by atoms with Crippen LogP contribution in [0.1, 0.15) is 19.4 Å². The highest BCUT2D eigenvalue weighted by molar-refractivity contribution is 5.27. The van der Waals surface area contributed by atoms with Gasteiger partial charge in [-0.15, -0.1) is 25.5 Å². The van der Waals surface area contributed by atoms with Crippen LogP contribution in [0.2, 0.25) is 0 Å². The van der Waals surface area contributed by atoms with E-state index < -0.39 is 6.36 Å². The molecule has 0 saturated heterocycles. The molecule has 0 aliphatic heterocycles. The normalized spacial score (nSPS) is 9.75. The second-order valence-corrected chi connectivity index (χ2v) is 2.83. The largest absolute Gasteiger partial charge is 0.573 e. The van der Waals surface area contributed by atoms with E-state index in [-0.39, 0.29) is 5.75 Å². The van der Waals surface area contributed by atoms with Gasteiger partial charge in [0.15, 0.2) is 0 Å². The quantitative estimate of drug-likeness (QED) is 0.702. The van der Waals surface area contributed by atoms with Crippen molar-refractivity contribution in [2.24, 2.45) is 0 Å². The van der Waals surface area contributed by atoms with Crippen LogP contribution in [0, 0.1) is 12.3 Å². The average Bonchev–Trinajstić information content (AvgIpc) is 2.18. The van der Waals surface area contributed by atoms with E-state index in [1.165, 1.54) is 12.1 Å². The second kappa shape index (κ2) is 6.78. The van der Waals surface area contributed by atoms with Crippen LogP contribution in [0.5, 0.6) is 5.75 Å². The SMILES string of the molecule is C#CC.CCc1ccc(OC(F)(F)F)cc1. The molecule has 1 rings (SSSR count). The van der Waals surface area contributed by atoms with Crippen LogP contribution in [0.25, 0.3) is 0 Å². The smallest absolute Gasteiger partial charge is 0.406 e. The summed E-state index contributed by atoms with van der Waals surface area (Å²) in [5, 5.41) is 0. The third-order valence-electron chi connectivity index (χ3n) is 1.57. The molecular formula is C12H13F3O. The highest BCUT2D eigenvalue weighted by atomic mass is 19.4. The van der Waals surface area contributed by atoms with Crippen molar-refractivity contribution in [1.82, 2.24) is 0 Å². The molecule has 0 heterocycles. The van der Waals surface area contributed by atoms with Gasteiger partial charge < -0.3 is 4.74 Å². The summed E-state index contributed by atoms with van der Waals surface area (Å²) < 4.78 is 38.8. The summed E-state index contributed by atoms with van der Waals surface area (Å²) in [6, 6.07) is 5.85. The van der Waals surface area contributed by atoms with Gasteiger partial charge in [-0.3, -0.25) is 0 Å². The summed E-state index contributed by atoms with van der Waals surface area (Å²) in [6.07, 6.45) is 0.792. The van der Waals surface area contributed by atoms with Crippen LogP contribution in [-0.2, 0) is 6.42 Å². The number of aryl methyl sites for hydroxylation is 1. The minimum absolute atomic E-state index is 0.176. The van der Waals surface area contributed by atoms with Crippen molar-refractivity contribution in [1.29, 1.82) is 0 Å².